The Morgan fingerprint density at radius 3 is 2.33 bits per heavy atom. The van der Waals surface area contributed by atoms with E-state index >= 15 is 0 Å². The first-order chi connectivity index (χ1) is 10.1. The standard InChI is InChI=1S/C17H27NO3/c19-16(9-15-8-12-3-6-14(15)7-12)18-10-11-1-4-13(5-2-11)17(20)21/h11-15H,1-10H2,(H,18,19)(H,20,21). The Balaban J connectivity index is 1.34. The summed E-state index contributed by atoms with van der Waals surface area (Å²) < 4.78 is 0. The van der Waals surface area contributed by atoms with Crippen LogP contribution in [0.15, 0.2) is 0 Å². The number of amides is 1. The van der Waals surface area contributed by atoms with Gasteiger partial charge < -0.3 is 10.4 Å². The Kier molecular flexibility index (Phi) is 4.51. The Morgan fingerprint density at radius 2 is 1.76 bits per heavy atom. The fraction of sp³-hybridized carbons (Fsp3) is 0.882. The van der Waals surface area contributed by atoms with Gasteiger partial charge in [-0.3, -0.25) is 9.59 Å². The molecule has 118 valence electrons. The van der Waals surface area contributed by atoms with Gasteiger partial charge in [-0.05, 0) is 68.6 Å². The molecule has 21 heavy (non-hydrogen) atoms. The van der Waals surface area contributed by atoms with Crippen molar-refractivity contribution in [2.24, 2.45) is 29.6 Å². The predicted molar refractivity (Wildman–Crippen MR) is 79.6 cm³/mol. The molecule has 0 saturated heterocycles. The molecule has 3 aliphatic rings. The van der Waals surface area contributed by atoms with Crippen LogP contribution < -0.4 is 5.32 Å². The zero-order valence-corrected chi connectivity index (χ0v) is 12.7. The van der Waals surface area contributed by atoms with Crippen molar-refractivity contribution >= 4 is 11.9 Å². The van der Waals surface area contributed by atoms with E-state index in [4.69, 9.17) is 5.11 Å². The molecule has 3 fully saturated rings. The number of hydrogen-bond acceptors (Lipinski definition) is 2. The lowest BCUT2D eigenvalue weighted by atomic mass is 9.82. The van der Waals surface area contributed by atoms with E-state index in [1.807, 2.05) is 0 Å². The van der Waals surface area contributed by atoms with Crippen molar-refractivity contribution in [1.82, 2.24) is 5.32 Å². The third-order valence-electron chi connectivity index (χ3n) is 6.12. The lowest BCUT2D eigenvalue weighted by Gasteiger charge is -2.26. The highest BCUT2D eigenvalue weighted by atomic mass is 16.4. The quantitative estimate of drug-likeness (QED) is 0.819. The number of rotatable bonds is 5. The van der Waals surface area contributed by atoms with Gasteiger partial charge >= 0.3 is 5.97 Å². The van der Waals surface area contributed by atoms with E-state index in [0.29, 0.717) is 18.3 Å². The summed E-state index contributed by atoms with van der Waals surface area (Å²) in [6.07, 6.45) is 9.46. The maximum Gasteiger partial charge on any atom is 0.306 e. The van der Waals surface area contributed by atoms with Crippen molar-refractivity contribution in [2.45, 2.75) is 57.8 Å². The first-order valence-corrected chi connectivity index (χ1v) is 8.61. The van der Waals surface area contributed by atoms with Gasteiger partial charge in [-0.25, -0.2) is 0 Å². The van der Waals surface area contributed by atoms with Gasteiger partial charge in [-0.15, -0.1) is 0 Å². The molecule has 0 aliphatic heterocycles. The van der Waals surface area contributed by atoms with Gasteiger partial charge in [-0.1, -0.05) is 6.42 Å². The van der Waals surface area contributed by atoms with Crippen LogP contribution in [0.4, 0.5) is 0 Å². The zero-order valence-electron chi connectivity index (χ0n) is 12.7. The fourth-order valence-electron chi connectivity index (χ4n) is 4.81. The van der Waals surface area contributed by atoms with Crippen LogP contribution >= 0.6 is 0 Å². The predicted octanol–water partition coefficient (Wildman–Crippen LogP) is 2.82. The van der Waals surface area contributed by atoms with Crippen LogP contribution in [0, 0.1) is 29.6 Å². The number of nitrogens with one attached hydrogen (secondary N) is 1. The number of carboxylic acid groups (broad SMARTS) is 1. The summed E-state index contributed by atoms with van der Waals surface area (Å²) in [5.41, 5.74) is 0. The molecule has 1 amide bonds. The van der Waals surface area contributed by atoms with E-state index in [9.17, 15) is 9.59 Å². The van der Waals surface area contributed by atoms with Gasteiger partial charge in [0.1, 0.15) is 0 Å². The van der Waals surface area contributed by atoms with Gasteiger partial charge in [0.05, 0.1) is 5.92 Å². The molecule has 2 bridgehead atoms. The van der Waals surface area contributed by atoms with Crippen molar-refractivity contribution in [1.29, 1.82) is 0 Å². The number of hydrogen-bond donors (Lipinski definition) is 2. The number of fused-ring (bicyclic) bond motifs is 2. The van der Waals surface area contributed by atoms with Gasteiger partial charge in [0, 0.05) is 13.0 Å². The lowest BCUT2D eigenvalue weighted by molar-refractivity contribution is -0.143. The second-order valence-electron chi connectivity index (χ2n) is 7.50. The minimum absolute atomic E-state index is 0.161. The Labute approximate surface area is 126 Å². The molecule has 4 nitrogen and oxygen atoms in total. The summed E-state index contributed by atoms with van der Waals surface area (Å²) in [5.74, 6) is 2.22. The van der Waals surface area contributed by atoms with E-state index in [1.54, 1.807) is 0 Å². The molecule has 2 N–H and O–H groups in total. The minimum atomic E-state index is -0.659. The molecule has 3 atom stereocenters. The van der Waals surface area contributed by atoms with E-state index in [0.717, 1.165) is 44.1 Å². The summed E-state index contributed by atoms with van der Waals surface area (Å²) in [4.78, 5) is 23.0. The molecule has 0 heterocycles. The Morgan fingerprint density at radius 1 is 1.00 bits per heavy atom. The highest BCUT2D eigenvalue weighted by Gasteiger charge is 2.40. The molecule has 0 spiro atoms. The topological polar surface area (TPSA) is 66.4 Å². The number of carbonyl (C=O) groups is 2. The Bertz CT molecular complexity index is 401. The Hall–Kier alpha value is -1.06. The van der Waals surface area contributed by atoms with E-state index in [2.05, 4.69) is 5.32 Å². The maximum atomic E-state index is 12.1. The summed E-state index contributed by atoms with van der Waals surface area (Å²) in [7, 11) is 0. The van der Waals surface area contributed by atoms with Gasteiger partial charge in [0.25, 0.3) is 0 Å². The van der Waals surface area contributed by atoms with E-state index in [-0.39, 0.29) is 11.8 Å². The third-order valence-corrected chi connectivity index (χ3v) is 6.12. The summed E-state index contributed by atoms with van der Waals surface area (Å²) in [6, 6.07) is 0. The fourth-order valence-corrected chi connectivity index (χ4v) is 4.81. The van der Waals surface area contributed by atoms with E-state index < -0.39 is 5.97 Å². The summed E-state index contributed by atoms with van der Waals surface area (Å²) in [6.45, 7) is 0.742. The second-order valence-corrected chi connectivity index (χ2v) is 7.50. The van der Waals surface area contributed by atoms with Crippen LogP contribution in [0.5, 0.6) is 0 Å². The average Bonchev–Trinajstić information content (AvgIpc) is 3.08. The molecular formula is C17H27NO3. The van der Waals surface area contributed by atoms with Crippen molar-refractivity contribution in [3.05, 3.63) is 0 Å². The minimum Gasteiger partial charge on any atom is -0.481 e. The van der Waals surface area contributed by atoms with Crippen LogP contribution in [0.2, 0.25) is 0 Å². The van der Waals surface area contributed by atoms with Crippen molar-refractivity contribution in [2.75, 3.05) is 6.54 Å². The number of carbonyl (C=O) groups excluding carboxylic acids is 1. The van der Waals surface area contributed by atoms with Crippen molar-refractivity contribution in [3.8, 4) is 0 Å². The molecule has 3 unspecified atom stereocenters. The molecule has 3 aliphatic carbocycles. The monoisotopic (exact) mass is 293 g/mol. The molecule has 3 rings (SSSR count). The summed E-state index contributed by atoms with van der Waals surface area (Å²) in [5, 5.41) is 12.1. The average molecular weight is 293 g/mol. The van der Waals surface area contributed by atoms with Crippen LogP contribution in [-0.2, 0) is 9.59 Å². The number of carboxylic acids is 1. The molecule has 0 aromatic rings. The highest BCUT2D eigenvalue weighted by Crippen LogP contribution is 2.49. The largest absolute Gasteiger partial charge is 0.481 e. The molecule has 0 radical (unpaired) electrons. The molecule has 0 aromatic carbocycles. The van der Waals surface area contributed by atoms with Crippen molar-refractivity contribution in [3.63, 3.8) is 0 Å². The second kappa shape index (κ2) is 6.37. The first-order valence-electron chi connectivity index (χ1n) is 8.61. The van der Waals surface area contributed by atoms with E-state index in [1.165, 1.54) is 25.7 Å². The van der Waals surface area contributed by atoms with Crippen molar-refractivity contribution < 1.29 is 14.7 Å². The number of aliphatic carboxylic acids is 1. The maximum absolute atomic E-state index is 12.1. The molecule has 0 aromatic heterocycles. The van der Waals surface area contributed by atoms with Crippen LogP contribution in [0.1, 0.15) is 57.8 Å². The zero-order chi connectivity index (χ0) is 14.8. The van der Waals surface area contributed by atoms with Gasteiger partial charge in [0.2, 0.25) is 5.91 Å². The van der Waals surface area contributed by atoms with Crippen LogP contribution in [0.3, 0.4) is 0 Å². The molecule has 3 saturated carbocycles. The lowest BCUT2D eigenvalue weighted by Crippen LogP contribution is -2.33. The van der Waals surface area contributed by atoms with Gasteiger partial charge in [0.15, 0.2) is 0 Å². The third kappa shape index (κ3) is 3.58. The molecular weight excluding hydrogens is 266 g/mol. The first kappa shape index (κ1) is 14.9. The smallest absolute Gasteiger partial charge is 0.306 e. The van der Waals surface area contributed by atoms with Crippen LogP contribution in [0.25, 0.3) is 0 Å². The van der Waals surface area contributed by atoms with Gasteiger partial charge in [-0.2, -0.15) is 0 Å². The SMILES string of the molecule is O=C(CC1CC2CCC1C2)NCC1CCC(C(=O)O)CC1. The molecule has 4 heteroatoms. The van der Waals surface area contributed by atoms with Crippen LogP contribution in [-0.4, -0.2) is 23.5 Å². The highest BCUT2D eigenvalue weighted by molar-refractivity contribution is 5.76. The normalized spacial score (nSPS) is 38.4. The summed E-state index contributed by atoms with van der Waals surface area (Å²) >= 11 is 0.